The summed E-state index contributed by atoms with van der Waals surface area (Å²) in [5.74, 6) is 2.20. The molecule has 2 heterocycles. The van der Waals surface area contributed by atoms with Gasteiger partial charge in [0.25, 0.3) is 0 Å². The van der Waals surface area contributed by atoms with Gasteiger partial charge in [-0.1, -0.05) is 25.0 Å². The van der Waals surface area contributed by atoms with Crippen molar-refractivity contribution in [2.75, 3.05) is 43.5 Å². The third kappa shape index (κ3) is 5.30. The van der Waals surface area contributed by atoms with Crippen molar-refractivity contribution in [3.8, 4) is 5.75 Å². The zero-order valence-electron chi connectivity index (χ0n) is 17.8. The number of pyridine rings is 1. The van der Waals surface area contributed by atoms with E-state index in [4.69, 9.17) is 4.74 Å². The number of ether oxygens (including phenoxy) is 1. The van der Waals surface area contributed by atoms with E-state index in [2.05, 4.69) is 32.2 Å². The maximum Gasteiger partial charge on any atom is 0.227 e. The van der Waals surface area contributed by atoms with Gasteiger partial charge in [-0.25, -0.2) is 4.98 Å². The average molecular weight is 409 g/mol. The second-order valence-corrected chi connectivity index (χ2v) is 8.34. The Morgan fingerprint density at radius 2 is 1.83 bits per heavy atom. The van der Waals surface area contributed by atoms with Gasteiger partial charge in [0.05, 0.1) is 19.0 Å². The van der Waals surface area contributed by atoms with E-state index >= 15 is 0 Å². The van der Waals surface area contributed by atoms with Crippen LogP contribution in [0.3, 0.4) is 0 Å². The maximum absolute atomic E-state index is 12.3. The summed E-state index contributed by atoms with van der Waals surface area (Å²) < 4.78 is 5.25. The van der Waals surface area contributed by atoms with Crippen molar-refractivity contribution in [2.45, 2.75) is 38.6 Å². The molecule has 1 N–H and O–H groups in total. The largest absolute Gasteiger partial charge is 0.497 e. The first-order valence-corrected chi connectivity index (χ1v) is 11.1. The molecule has 0 radical (unpaired) electrons. The zero-order valence-corrected chi connectivity index (χ0v) is 17.8. The Hall–Kier alpha value is -2.60. The van der Waals surface area contributed by atoms with E-state index in [1.54, 1.807) is 13.3 Å². The van der Waals surface area contributed by atoms with Crippen LogP contribution in [0.2, 0.25) is 0 Å². The van der Waals surface area contributed by atoms with Crippen molar-refractivity contribution < 1.29 is 9.53 Å². The van der Waals surface area contributed by atoms with Gasteiger partial charge in [0.15, 0.2) is 0 Å². The lowest BCUT2D eigenvalue weighted by Gasteiger charge is -2.23. The molecule has 2 fully saturated rings. The average Bonchev–Trinajstić information content (AvgIpc) is 3.23. The highest BCUT2D eigenvalue weighted by Gasteiger charge is 2.23. The highest BCUT2D eigenvalue weighted by atomic mass is 16.5. The van der Waals surface area contributed by atoms with Gasteiger partial charge in [-0.2, -0.15) is 0 Å². The molecule has 0 atom stereocenters. The Kier molecular flexibility index (Phi) is 6.84. The van der Waals surface area contributed by atoms with Crippen LogP contribution in [0.4, 0.5) is 11.5 Å². The lowest BCUT2D eigenvalue weighted by Crippen LogP contribution is -2.31. The monoisotopic (exact) mass is 408 g/mol. The molecule has 160 valence electrons. The molecule has 2 aromatic rings. The van der Waals surface area contributed by atoms with Crippen molar-refractivity contribution in [3.63, 3.8) is 0 Å². The minimum absolute atomic E-state index is 0.144. The summed E-state index contributed by atoms with van der Waals surface area (Å²) in [4.78, 5) is 21.8. The third-order valence-electron chi connectivity index (χ3n) is 6.22. The summed E-state index contributed by atoms with van der Waals surface area (Å²) in [6.45, 7) is 5.00. The number of nitrogens with zero attached hydrogens (tertiary/aromatic N) is 3. The highest BCUT2D eigenvalue weighted by molar-refractivity contribution is 5.92. The molecule has 1 aliphatic heterocycles. The van der Waals surface area contributed by atoms with Crippen molar-refractivity contribution >= 4 is 17.4 Å². The second kappa shape index (κ2) is 9.94. The summed E-state index contributed by atoms with van der Waals surface area (Å²) in [7, 11) is 1.70. The molecule has 1 aliphatic carbocycles. The molecule has 0 unspecified atom stereocenters. The van der Waals surface area contributed by atoms with Crippen LogP contribution in [0, 0.1) is 5.92 Å². The number of aromatic nitrogens is 1. The third-order valence-corrected chi connectivity index (χ3v) is 6.22. The van der Waals surface area contributed by atoms with Crippen molar-refractivity contribution in [1.82, 2.24) is 9.88 Å². The SMILES string of the molecule is COc1ccc(CN2CCCN(c3ccc(NC(=O)C4CCCC4)cn3)CC2)cc1. The summed E-state index contributed by atoms with van der Waals surface area (Å²) in [6.07, 6.45) is 7.26. The molecule has 0 bridgehead atoms. The molecular formula is C24H32N4O2. The Bertz CT molecular complexity index is 816. The maximum atomic E-state index is 12.3. The Labute approximate surface area is 179 Å². The van der Waals surface area contributed by atoms with Crippen molar-refractivity contribution in [1.29, 1.82) is 0 Å². The van der Waals surface area contributed by atoms with Crippen LogP contribution >= 0.6 is 0 Å². The molecule has 1 amide bonds. The fourth-order valence-corrected chi connectivity index (χ4v) is 4.43. The van der Waals surface area contributed by atoms with Gasteiger partial charge in [-0.15, -0.1) is 0 Å². The lowest BCUT2D eigenvalue weighted by atomic mass is 10.1. The number of amides is 1. The number of methoxy groups -OCH3 is 1. The van der Waals surface area contributed by atoms with Crippen LogP contribution < -0.4 is 15.0 Å². The zero-order chi connectivity index (χ0) is 20.8. The van der Waals surface area contributed by atoms with Gasteiger partial charge in [0.2, 0.25) is 5.91 Å². The normalized spacial score (nSPS) is 18.2. The molecule has 6 heteroatoms. The van der Waals surface area contributed by atoms with E-state index in [-0.39, 0.29) is 11.8 Å². The van der Waals surface area contributed by atoms with Crippen LogP contribution in [0.25, 0.3) is 0 Å². The van der Waals surface area contributed by atoms with E-state index in [1.807, 2.05) is 24.3 Å². The van der Waals surface area contributed by atoms with E-state index in [1.165, 1.54) is 18.4 Å². The number of nitrogens with one attached hydrogen (secondary N) is 1. The standard InChI is InChI=1S/C24H32N4O2/c1-30-22-10-7-19(8-11-22)18-27-13-4-14-28(16-15-27)23-12-9-21(17-25-23)26-24(29)20-5-2-3-6-20/h7-12,17,20H,2-6,13-16,18H2,1H3,(H,26,29). The van der Waals surface area contributed by atoms with E-state index < -0.39 is 0 Å². The van der Waals surface area contributed by atoms with Gasteiger partial charge in [0.1, 0.15) is 11.6 Å². The number of hydrogen-bond acceptors (Lipinski definition) is 5. The predicted molar refractivity (Wildman–Crippen MR) is 120 cm³/mol. The van der Waals surface area contributed by atoms with Crippen molar-refractivity contribution in [2.24, 2.45) is 5.92 Å². The van der Waals surface area contributed by atoms with E-state index in [0.29, 0.717) is 0 Å². The molecule has 1 aromatic heterocycles. The first-order valence-electron chi connectivity index (χ1n) is 11.1. The topological polar surface area (TPSA) is 57.7 Å². The summed E-state index contributed by atoms with van der Waals surface area (Å²) >= 11 is 0. The van der Waals surface area contributed by atoms with Crippen LogP contribution in [0.15, 0.2) is 42.6 Å². The smallest absolute Gasteiger partial charge is 0.227 e. The molecule has 1 saturated heterocycles. The van der Waals surface area contributed by atoms with Gasteiger partial charge >= 0.3 is 0 Å². The molecule has 30 heavy (non-hydrogen) atoms. The second-order valence-electron chi connectivity index (χ2n) is 8.34. The molecule has 6 nitrogen and oxygen atoms in total. The van der Waals surface area contributed by atoms with Crippen LogP contribution in [0.5, 0.6) is 5.75 Å². The molecule has 2 aliphatic rings. The molecule has 1 saturated carbocycles. The molecule has 0 spiro atoms. The first-order chi connectivity index (χ1) is 14.7. The van der Waals surface area contributed by atoms with E-state index in [9.17, 15) is 4.79 Å². The minimum Gasteiger partial charge on any atom is -0.497 e. The molecule has 1 aromatic carbocycles. The molecular weight excluding hydrogens is 376 g/mol. The summed E-state index contributed by atoms with van der Waals surface area (Å²) in [5.41, 5.74) is 2.11. The quantitative estimate of drug-likeness (QED) is 0.785. The number of benzene rings is 1. The van der Waals surface area contributed by atoms with Crippen LogP contribution in [-0.4, -0.2) is 49.1 Å². The fourth-order valence-electron chi connectivity index (χ4n) is 4.43. The van der Waals surface area contributed by atoms with Gasteiger partial charge < -0.3 is 15.0 Å². The van der Waals surface area contributed by atoms with Crippen molar-refractivity contribution in [3.05, 3.63) is 48.2 Å². The fraction of sp³-hybridized carbons (Fsp3) is 0.500. The Morgan fingerprint density at radius 1 is 1.03 bits per heavy atom. The first kappa shape index (κ1) is 20.7. The Balaban J connectivity index is 1.29. The lowest BCUT2D eigenvalue weighted by molar-refractivity contribution is -0.119. The number of anilines is 2. The summed E-state index contributed by atoms with van der Waals surface area (Å²) in [6, 6.07) is 12.3. The van der Waals surface area contributed by atoms with Crippen LogP contribution in [0.1, 0.15) is 37.7 Å². The number of rotatable bonds is 6. The van der Waals surface area contributed by atoms with Crippen LogP contribution in [-0.2, 0) is 11.3 Å². The number of carbonyl (C=O) groups excluding carboxylic acids is 1. The number of hydrogen-bond donors (Lipinski definition) is 1. The van der Waals surface area contributed by atoms with Gasteiger partial charge in [-0.05, 0) is 49.1 Å². The van der Waals surface area contributed by atoms with Gasteiger partial charge in [-0.3, -0.25) is 9.69 Å². The summed E-state index contributed by atoms with van der Waals surface area (Å²) in [5, 5.41) is 3.03. The van der Waals surface area contributed by atoms with Gasteiger partial charge in [0, 0.05) is 38.6 Å². The predicted octanol–water partition coefficient (Wildman–Crippen LogP) is 3.93. The van der Waals surface area contributed by atoms with E-state index in [0.717, 1.165) is 69.2 Å². The Morgan fingerprint density at radius 3 is 2.53 bits per heavy atom. The minimum atomic E-state index is 0.144. The molecule has 4 rings (SSSR count). The number of carbonyl (C=O) groups is 1. The highest BCUT2D eigenvalue weighted by Crippen LogP contribution is 2.26.